The summed E-state index contributed by atoms with van der Waals surface area (Å²) < 4.78 is 0. The second kappa shape index (κ2) is 6.88. The van der Waals surface area contributed by atoms with Crippen molar-refractivity contribution in [3.8, 4) is 0 Å². The van der Waals surface area contributed by atoms with Crippen LogP contribution in [0.5, 0.6) is 0 Å². The monoisotopic (exact) mass is 307 g/mol. The highest BCUT2D eigenvalue weighted by atomic mass is 15.2. The summed E-state index contributed by atoms with van der Waals surface area (Å²) in [6, 6.07) is 12.1. The van der Waals surface area contributed by atoms with Gasteiger partial charge in [0.05, 0.1) is 0 Å². The fourth-order valence-electron chi connectivity index (χ4n) is 4.12. The third-order valence-electron chi connectivity index (χ3n) is 5.23. The molecule has 2 bridgehead atoms. The van der Waals surface area contributed by atoms with Crippen molar-refractivity contribution in [1.29, 1.82) is 0 Å². The summed E-state index contributed by atoms with van der Waals surface area (Å²) in [7, 11) is 0. The van der Waals surface area contributed by atoms with Gasteiger partial charge in [0.1, 0.15) is 0 Å². The summed E-state index contributed by atoms with van der Waals surface area (Å²) in [5.74, 6) is 1.15. The first-order chi connectivity index (χ1) is 11.1. The van der Waals surface area contributed by atoms with Gasteiger partial charge in [-0.2, -0.15) is 0 Å². The van der Waals surface area contributed by atoms with Crippen LogP contribution in [0.2, 0.25) is 0 Å². The Morgan fingerprint density at radius 1 is 0.913 bits per heavy atom. The lowest BCUT2D eigenvalue weighted by atomic mass is 9.92. The highest BCUT2D eigenvalue weighted by Crippen LogP contribution is 2.45. The molecule has 0 radical (unpaired) electrons. The van der Waals surface area contributed by atoms with Crippen LogP contribution in [0.15, 0.2) is 60.2 Å². The van der Waals surface area contributed by atoms with E-state index >= 15 is 0 Å². The van der Waals surface area contributed by atoms with Gasteiger partial charge in [-0.25, -0.2) is 0 Å². The molecule has 23 heavy (non-hydrogen) atoms. The second-order valence-electron chi connectivity index (χ2n) is 7.38. The van der Waals surface area contributed by atoms with Gasteiger partial charge < -0.3 is 0 Å². The van der Waals surface area contributed by atoms with Crippen LogP contribution >= 0.6 is 0 Å². The lowest BCUT2D eigenvalue weighted by Crippen LogP contribution is -2.39. The molecule has 122 valence electrons. The molecule has 0 N–H and O–H groups in total. The molecule has 0 saturated heterocycles. The van der Waals surface area contributed by atoms with Gasteiger partial charge in [0, 0.05) is 30.5 Å². The molecular weight excluding hydrogens is 278 g/mol. The highest BCUT2D eigenvalue weighted by molar-refractivity contribution is 5.75. The van der Waals surface area contributed by atoms with Gasteiger partial charge in [0.25, 0.3) is 0 Å². The highest BCUT2D eigenvalue weighted by Gasteiger charge is 2.33. The molecular formula is C22H29N. The first-order valence-electron chi connectivity index (χ1n) is 8.97. The molecule has 2 aliphatic rings. The van der Waals surface area contributed by atoms with E-state index in [9.17, 15) is 0 Å². The third-order valence-corrected chi connectivity index (χ3v) is 5.23. The van der Waals surface area contributed by atoms with E-state index in [1.165, 1.54) is 12.0 Å². The number of fused-ring (bicyclic) bond motifs is 2. The van der Waals surface area contributed by atoms with Crippen LogP contribution in [-0.4, -0.2) is 23.5 Å². The van der Waals surface area contributed by atoms with Crippen LogP contribution in [0.4, 0.5) is 0 Å². The zero-order valence-electron chi connectivity index (χ0n) is 14.9. The number of allylic oxidation sites excluding steroid dienone is 5. The van der Waals surface area contributed by atoms with Gasteiger partial charge in [0.2, 0.25) is 0 Å². The SMILES string of the molecule is CC(C)N(CC1=C(c2ccccc2)C2C=CC=CC1C2)C(C)C. The second-order valence-corrected chi connectivity index (χ2v) is 7.38. The van der Waals surface area contributed by atoms with Crippen LogP contribution in [0.3, 0.4) is 0 Å². The predicted molar refractivity (Wildman–Crippen MR) is 100 cm³/mol. The maximum atomic E-state index is 2.62. The molecule has 0 aliphatic heterocycles. The van der Waals surface area contributed by atoms with E-state index in [2.05, 4.69) is 87.2 Å². The molecule has 0 spiro atoms. The van der Waals surface area contributed by atoms with Gasteiger partial charge >= 0.3 is 0 Å². The maximum absolute atomic E-state index is 2.62. The molecule has 1 aromatic rings. The van der Waals surface area contributed by atoms with Crippen molar-refractivity contribution in [2.75, 3.05) is 6.54 Å². The normalized spacial score (nSPS) is 23.4. The molecule has 0 amide bonds. The Bertz CT molecular complexity index is 611. The predicted octanol–water partition coefficient (Wildman–Crippen LogP) is 5.32. The van der Waals surface area contributed by atoms with E-state index in [0.29, 0.717) is 23.9 Å². The van der Waals surface area contributed by atoms with E-state index in [-0.39, 0.29) is 0 Å². The number of hydrogen-bond acceptors (Lipinski definition) is 1. The van der Waals surface area contributed by atoms with Crippen LogP contribution in [0.25, 0.3) is 5.57 Å². The van der Waals surface area contributed by atoms with Gasteiger partial charge in [-0.15, -0.1) is 0 Å². The van der Waals surface area contributed by atoms with Crippen LogP contribution in [0.1, 0.15) is 39.7 Å². The van der Waals surface area contributed by atoms with E-state index in [4.69, 9.17) is 0 Å². The van der Waals surface area contributed by atoms with Crippen molar-refractivity contribution in [2.45, 2.75) is 46.2 Å². The fraction of sp³-hybridized carbons (Fsp3) is 0.455. The zero-order chi connectivity index (χ0) is 16.4. The fourth-order valence-corrected chi connectivity index (χ4v) is 4.12. The average Bonchev–Trinajstić information content (AvgIpc) is 2.68. The van der Waals surface area contributed by atoms with Crippen molar-refractivity contribution in [2.24, 2.45) is 11.8 Å². The first-order valence-corrected chi connectivity index (χ1v) is 8.97. The molecule has 0 aromatic heterocycles. The Hall–Kier alpha value is -1.60. The minimum atomic E-state index is 0.563. The summed E-state index contributed by atoms with van der Waals surface area (Å²) in [6.07, 6.45) is 10.5. The Balaban J connectivity index is 2.03. The van der Waals surface area contributed by atoms with Crippen LogP contribution in [-0.2, 0) is 0 Å². The summed E-state index contributed by atoms with van der Waals surface area (Å²) in [4.78, 5) is 2.62. The Morgan fingerprint density at radius 3 is 2.13 bits per heavy atom. The summed E-state index contributed by atoms with van der Waals surface area (Å²) >= 11 is 0. The maximum Gasteiger partial charge on any atom is 0.0210 e. The average molecular weight is 307 g/mol. The number of nitrogens with zero attached hydrogens (tertiary/aromatic N) is 1. The molecule has 2 unspecified atom stereocenters. The van der Waals surface area contributed by atoms with Gasteiger partial charge in [-0.3, -0.25) is 4.90 Å². The summed E-state index contributed by atoms with van der Waals surface area (Å²) in [5, 5.41) is 0. The lowest BCUT2D eigenvalue weighted by Gasteiger charge is -2.32. The smallest absolute Gasteiger partial charge is 0.0210 e. The van der Waals surface area contributed by atoms with Gasteiger partial charge in [-0.05, 0) is 50.8 Å². The molecule has 1 nitrogen and oxygen atoms in total. The number of benzene rings is 1. The van der Waals surface area contributed by atoms with Crippen molar-refractivity contribution in [3.05, 3.63) is 65.8 Å². The summed E-state index contributed by atoms with van der Waals surface area (Å²) in [6.45, 7) is 10.3. The molecule has 1 heteroatoms. The Labute approximate surface area is 141 Å². The Morgan fingerprint density at radius 2 is 1.52 bits per heavy atom. The Kier molecular flexibility index (Phi) is 4.87. The van der Waals surface area contributed by atoms with Gasteiger partial charge in [0.15, 0.2) is 0 Å². The molecule has 0 fully saturated rings. The van der Waals surface area contributed by atoms with Crippen molar-refractivity contribution in [1.82, 2.24) is 4.90 Å². The zero-order valence-corrected chi connectivity index (χ0v) is 14.9. The van der Waals surface area contributed by atoms with E-state index in [0.717, 1.165) is 6.54 Å². The van der Waals surface area contributed by atoms with Crippen LogP contribution in [0, 0.1) is 11.8 Å². The summed E-state index contributed by atoms with van der Waals surface area (Å²) in [5.41, 5.74) is 4.61. The van der Waals surface area contributed by atoms with Crippen LogP contribution < -0.4 is 0 Å². The molecule has 1 aromatic carbocycles. The van der Waals surface area contributed by atoms with E-state index in [1.54, 1.807) is 11.1 Å². The van der Waals surface area contributed by atoms with E-state index < -0.39 is 0 Å². The molecule has 2 aliphatic carbocycles. The minimum Gasteiger partial charge on any atom is -0.295 e. The largest absolute Gasteiger partial charge is 0.295 e. The third kappa shape index (κ3) is 3.35. The quantitative estimate of drug-likeness (QED) is 0.711. The lowest BCUT2D eigenvalue weighted by molar-refractivity contribution is 0.189. The molecule has 2 atom stereocenters. The molecule has 0 saturated carbocycles. The number of rotatable bonds is 5. The standard InChI is InChI=1S/C22H29N/c1-16(2)23(17(3)4)15-21-19-12-8-9-13-20(14-19)22(21)18-10-6-5-7-11-18/h5-13,16-17,19-20H,14-15H2,1-4H3. The molecule has 3 rings (SSSR count). The van der Waals surface area contributed by atoms with Crippen molar-refractivity contribution >= 4 is 5.57 Å². The number of hydrogen-bond donors (Lipinski definition) is 0. The topological polar surface area (TPSA) is 3.24 Å². The van der Waals surface area contributed by atoms with E-state index in [1.807, 2.05) is 0 Å². The first kappa shape index (κ1) is 16.3. The minimum absolute atomic E-state index is 0.563. The van der Waals surface area contributed by atoms with Crippen molar-refractivity contribution in [3.63, 3.8) is 0 Å². The molecule has 0 heterocycles. The van der Waals surface area contributed by atoms with Gasteiger partial charge in [-0.1, -0.05) is 54.6 Å². The van der Waals surface area contributed by atoms with Crippen molar-refractivity contribution < 1.29 is 0 Å².